The fourth-order valence-corrected chi connectivity index (χ4v) is 4.75. The number of benzene rings is 2. The minimum atomic E-state index is -0.514. The Morgan fingerprint density at radius 1 is 1.00 bits per heavy atom. The van der Waals surface area contributed by atoms with Crippen molar-refractivity contribution >= 4 is 46.6 Å². The number of nitro groups is 1. The summed E-state index contributed by atoms with van der Waals surface area (Å²) in [7, 11) is 0. The highest BCUT2D eigenvalue weighted by atomic mass is 35.5. The second kappa shape index (κ2) is 11.2. The zero-order chi connectivity index (χ0) is 22.4. The maximum Gasteiger partial charge on any atom is 0.320 e. The van der Waals surface area contributed by atoms with Crippen molar-refractivity contribution in [2.75, 3.05) is 26.2 Å². The molecule has 1 aliphatic heterocycles. The van der Waals surface area contributed by atoms with Crippen LogP contribution in [0.15, 0.2) is 79.7 Å². The van der Waals surface area contributed by atoms with E-state index in [1.807, 2.05) is 54.3 Å². The van der Waals surface area contributed by atoms with Crippen LogP contribution < -0.4 is 0 Å². The number of rotatable bonds is 7. The molecule has 0 spiro atoms. The topological polar surface area (TPSA) is 49.6 Å². The first kappa shape index (κ1) is 24.0. The molecule has 3 rings (SSSR count). The molecule has 31 heavy (non-hydrogen) atoms. The van der Waals surface area contributed by atoms with Gasteiger partial charge in [-0.05, 0) is 24.6 Å². The highest BCUT2D eigenvalue weighted by molar-refractivity contribution is 8.03. The molecule has 0 radical (unpaired) electrons. The van der Waals surface area contributed by atoms with E-state index in [0.29, 0.717) is 18.1 Å². The first-order chi connectivity index (χ1) is 14.8. The number of thioether (sulfide) groups is 1. The van der Waals surface area contributed by atoms with E-state index in [9.17, 15) is 10.1 Å². The number of allylic oxidation sites excluding steroid dienone is 1. The lowest BCUT2D eigenvalue weighted by Crippen LogP contribution is -2.45. The second-order valence-corrected chi connectivity index (χ2v) is 9.54. The monoisotopic (exact) mass is 497 g/mol. The van der Waals surface area contributed by atoms with Crippen LogP contribution in [0.1, 0.15) is 11.1 Å². The SMILES string of the molecule is Cc1ccc(S/C(=C(/C(Cl)=C(Cl)Cl)[N+](=O)[O-])N2CCN(Cc3ccccc3)CC2)cc1. The number of halogens is 3. The average Bonchev–Trinajstić information content (AvgIpc) is 2.75. The van der Waals surface area contributed by atoms with Crippen molar-refractivity contribution < 1.29 is 4.92 Å². The molecule has 2 aromatic carbocycles. The van der Waals surface area contributed by atoms with Crippen LogP contribution >= 0.6 is 46.6 Å². The van der Waals surface area contributed by atoms with Gasteiger partial charge in [0, 0.05) is 37.6 Å². The van der Waals surface area contributed by atoms with Crippen LogP contribution in [-0.2, 0) is 6.54 Å². The van der Waals surface area contributed by atoms with Crippen molar-refractivity contribution in [3.63, 3.8) is 0 Å². The van der Waals surface area contributed by atoms with Gasteiger partial charge in [-0.2, -0.15) is 0 Å². The normalized spacial score (nSPS) is 15.4. The first-order valence-corrected chi connectivity index (χ1v) is 11.7. The highest BCUT2D eigenvalue weighted by Crippen LogP contribution is 2.38. The minimum absolute atomic E-state index is 0.255. The molecule has 5 nitrogen and oxygen atoms in total. The summed E-state index contributed by atoms with van der Waals surface area (Å²) >= 11 is 19.1. The zero-order valence-corrected chi connectivity index (χ0v) is 20.0. The summed E-state index contributed by atoms with van der Waals surface area (Å²) in [6.45, 7) is 5.63. The van der Waals surface area contributed by atoms with Crippen LogP contribution in [0, 0.1) is 17.0 Å². The van der Waals surface area contributed by atoms with Gasteiger partial charge in [-0.3, -0.25) is 15.0 Å². The number of nitrogens with zero attached hydrogens (tertiary/aromatic N) is 3. The Labute approximate surface area is 201 Å². The van der Waals surface area contributed by atoms with E-state index in [-0.39, 0.29) is 15.2 Å². The molecule has 1 fully saturated rings. The molecule has 2 aromatic rings. The van der Waals surface area contributed by atoms with Gasteiger partial charge in [0.15, 0.2) is 10.1 Å². The number of hydrogen-bond acceptors (Lipinski definition) is 5. The van der Waals surface area contributed by atoms with Crippen molar-refractivity contribution in [1.82, 2.24) is 9.80 Å². The molecule has 0 amide bonds. The molecular weight excluding hydrogens is 477 g/mol. The lowest BCUT2D eigenvalue weighted by atomic mass is 10.2. The summed E-state index contributed by atoms with van der Waals surface area (Å²) < 4.78 is -0.321. The van der Waals surface area contributed by atoms with E-state index < -0.39 is 4.92 Å². The highest BCUT2D eigenvalue weighted by Gasteiger charge is 2.31. The minimum Gasteiger partial charge on any atom is -0.358 e. The third kappa shape index (κ3) is 6.64. The molecule has 9 heteroatoms. The van der Waals surface area contributed by atoms with Gasteiger partial charge in [0.2, 0.25) is 0 Å². The second-order valence-electron chi connectivity index (χ2n) is 7.15. The Balaban J connectivity index is 1.86. The fraction of sp³-hybridized carbons (Fsp3) is 0.273. The zero-order valence-electron chi connectivity index (χ0n) is 16.9. The van der Waals surface area contributed by atoms with Gasteiger partial charge in [-0.1, -0.05) is 94.6 Å². The molecule has 1 aliphatic rings. The van der Waals surface area contributed by atoms with Gasteiger partial charge in [-0.15, -0.1) is 0 Å². The van der Waals surface area contributed by atoms with Crippen molar-refractivity contribution in [3.05, 3.63) is 96.1 Å². The maximum atomic E-state index is 11.9. The van der Waals surface area contributed by atoms with Gasteiger partial charge in [0.05, 0.1) is 4.92 Å². The van der Waals surface area contributed by atoms with Gasteiger partial charge in [0.25, 0.3) is 0 Å². The van der Waals surface area contributed by atoms with Crippen molar-refractivity contribution in [2.45, 2.75) is 18.4 Å². The molecule has 0 saturated carbocycles. The molecule has 164 valence electrons. The van der Waals surface area contributed by atoms with Gasteiger partial charge >= 0.3 is 5.70 Å². The number of hydrogen-bond donors (Lipinski definition) is 0. The molecule has 1 heterocycles. The third-order valence-corrected chi connectivity index (χ3v) is 7.00. The molecular formula is C22H22Cl3N3O2S. The molecule has 0 N–H and O–H groups in total. The summed E-state index contributed by atoms with van der Waals surface area (Å²) in [5.74, 6) is 0. The lowest BCUT2D eigenvalue weighted by molar-refractivity contribution is -0.421. The Bertz CT molecular complexity index is 969. The standard InChI is InChI=1S/C22H22Cl3N3O2S/c1-16-7-9-18(10-8-16)31-22(20(28(29)30)19(23)21(24)25)27-13-11-26(12-14-27)15-17-5-3-2-4-6-17/h2-10H,11-15H2,1H3/b22-20-. The third-order valence-electron chi connectivity index (χ3n) is 4.90. The summed E-state index contributed by atoms with van der Waals surface area (Å²) in [4.78, 5) is 16.6. The van der Waals surface area contributed by atoms with Gasteiger partial charge in [-0.25, -0.2) is 0 Å². The van der Waals surface area contributed by atoms with Crippen LogP contribution in [0.2, 0.25) is 0 Å². The first-order valence-electron chi connectivity index (χ1n) is 9.70. The molecule has 0 unspecified atom stereocenters. The smallest absolute Gasteiger partial charge is 0.320 e. The summed E-state index contributed by atoms with van der Waals surface area (Å²) in [5, 5.41) is 12.1. The Hall–Kier alpha value is -1.70. The molecule has 0 aliphatic carbocycles. The van der Waals surface area contributed by atoms with Crippen LogP contribution in [0.4, 0.5) is 0 Å². The largest absolute Gasteiger partial charge is 0.358 e. The predicted octanol–water partition coefficient (Wildman–Crippen LogP) is 6.24. The Morgan fingerprint density at radius 2 is 1.61 bits per heavy atom. The van der Waals surface area contributed by atoms with E-state index in [1.54, 1.807) is 0 Å². The van der Waals surface area contributed by atoms with E-state index >= 15 is 0 Å². The predicted molar refractivity (Wildman–Crippen MR) is 129 cm³/mol. The lowest BCUT2D eigenvalue weighted by Gasteiger charge is -2.36. The van der Waals surface area contributed by atoms with Crippen molar-refractivity contribution in [1.29, 1.82) is 0 Å². The van der Waals surface area contributed by atoms with E-state index in [4.69, 9.17) is 34.8 Å². The van der Waals surface area contributed by atoms with Crippen LogP contribution in [0.3, 0.4) is 0 Å². The number of aryl methyl sites for hydroxylation is 1. The van der Waals surface area contributed by atoms with E-state index in [2.05, 4.69) is 17.0 Å². The molecule has 1 saturated heterocycles. The Morgan fingerprint density at radius 3 is 2.16 bits per heavy atom. The Kier molecular flexibility index (Phi) is 8.69. The average molecular weight is 499 g/mol. The van der Waals surface area contributed by atoms with Crippen molar-refractivity contribution in [2.24, 2.45) is 0 Å². The van der Waals surface area contributed by atoms with E-state index in [0.717, 1.165) is 30.1 Å². The van der Waals surface area contributed by atoms with E-state index in [1.165, 1.54) is 17.3 Å². The van der Waals surface area contributed by atoms with Crippen molar-refractivity contribution in [3.8, 4) is 0 Å². The molecule has 0 atom stereocenters. The van der Waals surface area contributed by atoms with Gasteiger partial charge < -0.3 is 4.90 Å². The van der Waals surface area contributed by atoms with Crippen LogP contribution in [0.5, 0.6) is 0 Å². The summed E-state index contributed by atoms with van der Waals surface area (Å²) in [5.41, 5.74) is 2.08. The number of piperazine rings is 1. The fourth-order valence-electron chi connectivity index (χ4n) is 3.27. The molecule has 0 bridgehead atoms. The maximum absolute atomic E-state index is 11.9. The summed E-state index contributed by atoms with van der Waals surface area (Å²) in [6.07, 6.45) is 0. The quantitative estimate of drug-likeness (QED) is 0.196. The van der Waals surface area contributed by atoms with Gasteiger partial charge in [0.1, 0.15) is 4.49 Å². The van der Waals surface area contributed by atoms with Crippen LogP contribution in [0.25, 0.3) is 0 Å². The van der Waals surface area contributed by atoms with Crippen LogP contribution in [-0.4, -0.2) is 40.9 Å². The molecule has 0 aromatic heterocycles. The summed E-state index contributed by atoms with van der Waals surface area (Å²) in [6, 6.07) is 18.1.